The average molecular weight is 206 g/mol. The molecule has 1 fully saturated rings. The normalized spacial score (nSPS) is 33.4. The summed E-state index contributed by atoms with van der Waals surface area (Å²) in [6.07, 6.45) is 0.293. The summed E-state index contributed by atoms with van der Waals surface area (Å²) in [5, 5.41) is 10.4. The van der Waals surface area contributed by atoms with Crippen LogP contribution in [0.2, 0.25) is 0 Å². The first kappa shape index (κ1) is 11.0. The summed E-state index contributed by atoms with van der Waals surface area (Å²) in [6.45, 7) is 7.19. The molecular formula is C9H16ClNO2. The van der Waals surface area contributed by atoms with Crippen LogP contribution in [0.1, 0.15) is 34.1 Å². The second-order valence-corrected chi connectivity index (χ2v) is 5.22. The molecule has 76 valence electrons. The van der Waals surface area contributed by atoms with Gasteiger partial charge >= 0.3 is 0 Å². The Bertz CT molecular complexity index is 238. The van der Waals surface area contributed by atoms with Crippen LogP contribution in [0.5, 0.6) is 0 Å². The molecule has 0 aromatic heterocycles. The fourth-order valence-corrected chi connectivity index (χ4v) is 2.04. The summed E-state index contributed by atoms with van der Waals surface area (Å²) in [5.41, 5.74) is -1.22. The van der Waals surface area contributed by atoms with Crippen LogP contribution in [0, 0.1) is 0 Å². The summed E-state index contributed by atoms with van der Waals surface area (Å²) in [4.78, 5) is 11.5. The van der Waals surface area contributed by atoms with Crippen molar-refractivity contribution in [1.29, 1.82) is 0 Å². The lowest BCUT2D eigenvalue weighted by molar-refractivity contribution is -0.235. The zero-order valence-corrected chi connectivity index (χ0v) is 9.22. The summed E-state index contributed by atoms with van der Waals surface area (Å²) >= 11 is 5.93. The molecule has 4 heteroatoms. The molecule has 1 atom stereocenters. The Morgan fingerprint density at radius 3 is 2.38 bits per heavy atom. The first-order chi connectivity index (χ1) is 5.69. The molecule has 0 spiro atoms. The Morgan fingerprint density at radius 2 is 1.92 bits per heavy atom. The van der Waals surface area contributed by atoms with Crippen molar-refractivity contribution < 1.29 is 10.0 Å². The Labute approximate surface area is 83.6 Å². The summed E-state index contributed by atoms with van der Waals surface area (Å²) in [7, 11) is 0. The van der Waals surface area contributed by atoms with Gasteiger partial charge in [-0.3, -0.25) is 4.79 Å². The molecule has 1 aliphatic heterocycles. The molecule has 1 saturated heterocycles. The second kappa shape index (κ2) is 2.94. The summed E-state index contributed by atoms with van der Waals surface area (Å²) in [5.74, 6) is 0.00182. The number of hydroxylamine groups is 2. The van der Waals surface area contributed by atoms with E-state index in [1.807, 2.05) is 13.8 Å². The Hall–Kier alpha value is -0.120. The largest absolute Gasteiger partial charge is 0.313 e. The number of piperidine rings is 1. The average Bonchev–Trinajstić information content (AvgIpc) is 1.98. The van der Waals surface area contributed by atoms with E-state index in [1.165, 1.54) is 5.06 Å². The van der Waals surface area contributed by atoms with Crippen LogP contribution in [0.3, 0.4) is 0 Å². The number of rotatable bonds is 0. The standard InChI is InChI=1S/C9H16ClNO2/c1-8(2)5-6(12)7(10)9(3,4)11(8)13/h7,13H,5H2,1-4H3. The van der Waals surface area contributed by atoms with Gasteiger partial charge in [-0.1, -0.05) is 0 Å². The highest BCUT2D eigenvalue weighted by Gasteiger charge is 2.50. The van der Waals surface area contributed by atoms with Crippen LogP contribution < -0.4 is 0 Å². The Kier molecular flexibility index (Phi) is 2.48. The third kappa shape index (κ3) is 1.60. The number of halogens is 1. The third-order valence-electron chi connectivity index (χ3n) is 2.63. The Balaban J connectivity index is 3.03. The van der Waals surface area contributed by atoms with Crippen molar-refractivity contribution in [2.45, 2.75) is 50.6 Å². The molecule has 1 unspecified atom stereocenters. The van der Waals surface area contributed by atoms with Crippen LogP contribution in [0.25, 0.3) is 0 Å². The molecule has 0 aromatic rings. The number of carbonyl (C=O) groups is 1. The predicted molar refractivity (Wildman–Crippen MR) is 51.0 cm³/mol. The molecule has 0 saturated carbocycles. The zero-order chi connectivity index (χ0) is 10.4. The molecule has 1 N–H and O–H groups in total. The molecule has 0 radical (unpaired) electrons. The Morgan fingerprint density at radius 1 is 1.46 bits per heavy atom. The molecular weight excluding hydrogens is 190 g/mol. The van der Waals surface area contributed by atoms with Gasteiger partial charge in [0.15, 0.2) is 5.78 Å². The molecule has 13 heavy (non-hydrogen) atoms. The van der Waals surface area contributed by atoms with Crippen molar-refractivity contribution in [3.63, 3.8) is 0 Å². The SMILES string of the molecule is CC1(C)CC(=O)C(Cl)C(C)(C)N1O. The zero-order valence-electron chi connectivity index (χ0n) is 8.47. The van der Waals surface area contributed by atoms with Gasteiger partial charge in [0, 0.05) is 12.0 Å². The van der Waals surface area contributed by atoms with Crippen LogP contribution in [-0.2, 0) is 4.79 Å². The van der Waals surface area contributed by atoms with Crippen molar-refractivity contribution in [2.24, 2.45) is 0 Å². The minimum atomic E-state index is -0.694. The molecule has 0 aromatic carbocycles. The maximum absolute atomic E-state index is 11.5. The monoisotopic (exact) mass is 205 g/mol. The second-order valence-electron chi connectivity index (χ2n) is 4.78. The van der Waals surface area contributed by atoms with Gasteiger partial charge in [-0.2, -0.15) is 5.06 Å². The number of hydrogen-bond acceptors (Lipinski definition) is 3. The lowest BCUT2D eigenvalue weighted by Gasteiger charge is -2.49. The van der Waals surface area contributed by atoms with Crippen molar-refractivity contribution in [3.8, 4) is 0 Å². The molecule has 0 bridgehead atoms. The maximum atomic E-state index is 11.5. The molecule has 1 rings (SSSR count). The summed E-state index contributed by atoms with van der Waals surface area (Å²) < 4.78 is 0. The van der Waals surface area contributed by atoms with Gasteiger partial charge in [0.1, 0.15) is 5.38 Å². The number of nitrogens with zero attached hydrogens (tertiary/aromatic N) is 1. The molecule has 0 aliphatic carbocycles. The van der Waals surface area contributed by atoms with Gasteiger partial charge in [-0.05, 0) is 27.7 Å². The van der Waals surface area contributed by atoms with E-state index in [1.54, 1.807) is 13.8 Å². The fraction of sp³-hybridized carbons (Fsp3) is 0.889. The quantitative estimate of drug-likeness (QED) is 0.614. The first-order valence-electron chi connectivity index (χ1n) is 4.35. The van der Waals surface area contributed by atoms with Crippen molar-refractivity contribution in [2.75, 3.05) is 0 Å². The van der Waals surface area contributed by atoms with Gasteiger partial charge in [0.2, 0.25) is 0 Å². The van der Waals surface area contributed by atoms with Gasteiger partial charge in [-0.15, -0.1) is 11.6 Å². The van der Waals surface area contributed by atoms with Crippen molar-refractivity contribution in [1.82, 2.24) is 5.06 Å². The number of alkyl halides is 1. The minimum absolute atomic E-state index is 0.00182. The fourth-order valence-electron chi connectivity index (χ4n) is 1.87. The van der Waals surface area contributed by atoms with E-state index >= 15 is 0 Å². The summed E-state index contributed by atoms with van der Waals surface area (Å²) in [6, 6.07) is 0. The number of carbonyl (C=O) groups excluding carboxylic acids is 1. The molecule has 3 nitrogen and oxygen atoms in total. The van der Waals surface area contributed by atoms with Crippen LogP contribution in [-0.4, -0.2) is 32.5 Å². The van der Waals surface area contributed by atoms with Gasteiger partial charge in [0.05, 0.1) is 5.54 Å². The highest BCUT2D eigenvalue weighted by Crippen LogP contribution is 2.37. The lowest BCUT2D eigenvalue weighted by Crippen LogP contribution is -2.64. The maximum Gasteiger partial charge on any atom is 0.154 e. The van der Waals surface area contributed by atoms with Crippen LogP contribution in [0.15, 0.2) is 0 Å². The van der Waals surface area contributed by atoms with Crippen molar-refractivity contribution in [3.05, 3.63) is 0 Å². The minimum Gasteiger partial charge on any atom is -0.313 e. The highest BCUT2D eigenvalue weighted by atomic mass is 35.5. The van der Waals surface area contributed by atoms with Crippen LogP contribution >= 0.6 is 11.6 Å². The van der Waals surface area contributed by atoms with E-state index in [2.05, 4.69) is 0 Å². The number of ketones is 1. The third-order valence-corrected chi connectivity index (χ3v) is 3.41. The lowest BCUT2D eigenvalue weighted by atomic mass is 9.81. The number of Topliss-reactive ketones (excluding diaryl/α,β-unsaturated/α-hetero) is 1. The van der Waals surface area contributed by atoms with Crippen molar-refractivity contribution >= 4 is 17.4 Å². The molecule has 1 aliphatic rings. The topological polar surface area (TPSA) is 40.5 Å². The van der Waals surface area contributed by atoms with Gasteiger partial charge in [-0.25, -0.2) is 0 Å². The van der Waals surface area contributed by atoms with E-state index in [-0.39, 0.29) is 5.78 Å². The highest BCUT2D eigenvalue weighted by molar-refractivity contribution is 6.32. The molecule has 0 amide bonds. The predicted octanol–water partition coefficient (Wildman–Crippen LogP) is 1.81. The van der Waals surface area contributed by atoms with Gasteiger partial charge < -0.3 is 5.21 Å². The van der Waals surface area contributed by atoms with Crippen LogP contribution in [0.4, 0.5) is 0 Å². The molecule has 1 heterocycles. The van der Waals surface area contributed by atoms with E-state index < -0.39 is 16.5 Å². The van der Waals surface area contributed by atoms with Gasteiger partial charge in [0.25, 0.3) is 0 Å². The number of hydrogen-bond donors (Lipinski definition) is 1. The van der Waals surface area contributed by atoms with E-state index in [4.69, 9.17) is 11.6 Å². The first-order valence-corrected chi connectivity index (χ1v) is 4.79. The van der Waals surface area contributed by atoms with E-state index in [0.29, 0.717) is 6.42 Å². The van der Waals surface area contributed by atoms with E-state index in [0.717, 1.165) is 0 Å². The smallest absolute Gasteiger partial charge is 0.154 e. The van der Waals surface area contributed by atoms with E-state index in [9.17, 15) is 10.0 Å².